The fraction of sp³-hybridized carbons (Fsp3) is 0.450. The summed E-state index contributed by atoms with van der Waals surface area (Å²) in [6, 6.07) is 4.36. The van der Waals surface area contributed by atoms with Crippen LogP contribution in [0.3, 0.4) is 0 Å². The van der Waals surface area contributed by atoms with Crippen LogP contribution in [0.1, 0.15) is 40.1 Å². The highest BCUT2D eigenvalue weighted by molar-refractivity contribution is 14.1. The maximum atomic E-state index is 11.4. The Morgan fingerprint density at radius 3 is 2.38 bits per heavy atom. The maximum absolute atomic E-state index is 11.4. The number of piperidine rings is 1. The van der Waals surface area contributed by atoms with E-state index in [4.69, 9.17) is 0 Å². The van der Waals surface area contributed by atoms with Crippen molar-refractivity contribution in [1.82, 2.24) is 4.90 Å². The number of thiophene rings is 2. The summed E-state index contributed by atoms with van der Waals surface area (Å²) in [4.78, 5) is 16.5. The summed E-state index contributed by atoms with van der Waals surface area (Å²) >= 11 is 5.92. The monoisotopic (exact) mass is 501 g/mol. The van der Waals surface area contributed by atoms with E-state index >= 15 is 0 Å². The van der Waals surface area contributed by atoms with Crippen molar-refractivity contribution in [3.8, 4) is 0 Å². The van der Waals surface area contributed by atoms with Crippen molar-refractivity contribution in [2.24, 2.45) is 5.92 Å². The van der Waals surface area contributed by atoms with E-state index in [-0.39, 0.29) is 9.97 Å². The molecule has 0 radical (unpaired) electrons. The van der Waals surface area contributed by atoms with E-state index in [9.17, 15) is 9.90 Å². The molecule has 1 saturated heterocycles. The van der Waals surface area contributed by atoms with Crippen molar-refractivity contribution < 1.29 is 9.90 Å². The van der Waals surface area contributed by atoms with E-state index < -0.39 is 5.97 Å². The topological polar surface area (TPSA) is 40.5 Å². The molecule has 3 rings (SSSR count). The summed E-state index contributed by atoms with van der Waals surface area (Å²) in [6.45, 7) is 6.25. The molecule has 0 amide bonds. The van der Waals surface area contributed by atoms with Crippen LogP contribution < -0.4 is 0 Å². The van der Waals surface area contributed by atoms with Crippen molar-refractivity contribution in [2.75, 3.05) is 13.1 Å². The van der Waals surface area contributed by atoms with Crippen LogP contribution in [-0.2, 0) is 4.79 Å². The molecule has 2 atom stereocenters. The maximum Gasteiger partial charge on any atom is 0.308 e. The molecular formula is C20H24INO2S2. The predicted molar refractivity (Wildman–Crippen MR) is 120 cm³/mol. The van der Waals surface area contributed by atoms with E-state index in [1.807, 2.05) is 0 Å². The molecule has 0 bridgehead atoms. The number of carboxylic acids is 1. The average Bonchev–Trinajstić information content (AvgIpc) is 3.21. The summed E-state index contributed by atoms with van der Waals surface area (Å²) in [5.74, 6) is -0.902. The zero-order valence-electron chi connectivity index (χ0n) is 15.1. The molecule has 2 aromatic rings. The Labute approximate surface area is 176 Å². The van der Waals surface area contributed by atoms with Gasteiger partial charge in [0.25, 0.3) is 0 Å². The lowest BCUT2D eigenvalue weighted by molar-refractivity contribution is -0.143. The molecule has 1 aliphatic heterocycles. The molecule has 1 aliphatic rings. The first-order chi connectivity index (χ1) is 12.5. The van der Waals surface area contributed by atoms with Crippen LogP contribution in [0.4, 0.5) is 0 Å². The molecule has 1 unspecified atom stereocenters. The number of halogens is 1. The minimum absolute atomic E-state index is 0.0858. The molecule has 6 heteroatoms. The number of alkyl halides is 1. The van der Waals surface area contributed by atoms with Crippen molar-refractivity contribution >= 4 is 56.8 Å². The highest BCUT2D eigenvalue weighted by atomic mass is 127. The van der Waals surface area contributed by atoms with E-state index in [1.165, 1.54) is 26.5 Å². The Hall–Kier alpha value is -0.700. The number of aryl methyl sites for hydroxylation is 2. The fourth-order valence-corrected chi connectivity index (χ4v) is 6.70. The Bertz CT molecular complexity index is 753. The van der Waals surface area contributed by atoms with E-state index in [2.05, 4.69) is 70.3 Å². The SMILES string of the molecule is Cc1ccsc1C(=CCCN1CCC[C@H](C(=O)O)C1I)c1sccc1C. The highest BCUT2D eigenvalue weighted by Gasteiger charge is 2.33. The summed E-state index contributed by atoms with van der Waals surface area (Å²) in [7, 11) is 0. The molecule has 26 heavy (non-hydrogen) atoms. The molecule has 1 fully saturated rings. The Morgan fingerprint density at radius 1 is 1.27 bits per heavy atom. The molecular weight excluding hydrogens is 477 g/mol. The first-order valence-electron chi connectivity index (χ1n) is 8.89. The Kier molecular flexibility index (Phi) is 6.93. The first kappa shape index (κ1) is 20.0. The standard InChI is InChI=1S/C20H24INO2S2/c1-13-7-11-25-17(13)15(18-14(2)8-12-26-18)5-3-9-22-10-4-6-16(19(22)21)20(23)24/h5,7-8,11-12,16,19H,3-4,6,9-10H2,1-2H3,(H,23,24)/t16-,19?/m0/s1. The quantitative estimate of drug-likeness (QED) is 0.309. The molecule has 1 N–H and O–H groups in total. The smallest absolute Gasteiger partial charge is 0.308 e. The van der Waals surface area contributed by atoms with Gasteiger partial charge in [0.1, 0.15) is 0 Å². The lowest BCUT2D eigenvalue weighted by Crippen LogP contribution is -2.44. The van der Waals surface area contributed by atoms with Crippen molar-refractivity contribution in [3.63, 3.8) is 0 Å². The number of likely N-dealkylation sites (tertiary alicyclic amines) is 1. The normalized spacial score (nSPS) is 20.9. The summed E-state index contributed by atoms with van der Waals surface area (Å²) < 4.78 is 0.0858. The Balaban J connectivity index is 1.76. The number of hydrogen-bond donors (Lipinski definition) is 1. The lowest BCUT2D eigenvalue weighted by atomic mass is 9.98. The molecule has 0 saturated carbocycles. The van der Waals surface area contributed by atoms with Gasteiger partial charge in [-0.2, -0.15) is 0 Å². The predicted octanol–water partition coefficient (Wildman–Crippen LogP) is 5.81. The summed E-state index contributed by atoms with van der Waals surface area (Å²) in [5.41, 5.74) is 3.98. The van der Waals surface area contributed by atoms with Gasteiger partial charge in [-0.3, -0.25) is 9.69 Å². The minimum atomic E-state index is -0.659. The number of carboxylic acid groups (broad SMARTS) is 1. The molecule has 0 aromatic carbocycles. The second-order valence-electron chi connectivity index (χ2n) is 6.77. The number of rotatable bonds is 6. The van der Waals surface area contributed by atoms with Crippen molar-refractivity contribution in [3.05, 3.63) is 49.9 Å². The van der Waals surface area contributed by atoms with Crippen LogP contribution in [0.2, 0.25) is 0 Å². The molecule has 140 valence electrons. The van der Waals surface area contributed by atoms with Crippen LogP contribution >= 0.6 is 45.3 Å². The second kappa shape index (κ2) is 8.99. The van der Waals surface area contributed by atoms with Gasteiger partial charge in [0.15, 0.2) is 0 Å². The molecule has 0 spiro atoms. The summed E-state index contributed by atoms with van der Waals surface area (Å²) in [5, 5.41) is 13.7. The van der Waals surface area contributed by atoms with E-state index in [0.29, 0.717) is 0 Å². The van der Waals surface area contributed by atoms with Gasteiger partial charge in [-0.15, -0.1) is 22.7 Å². The molecule has 3 heterocycles. The third-order valence-corrected chi connectivity index (χ3v) is 8.69. The van der Waals surface area contributed by atoms with E-state index in [0.717, 1.165) is 32.4 Å². The van der Waals surface area contributed by atoms with Gasteiger partial charge in [0.2, 0.25) is 0 Å². The van der Waals surface area contributed by atoms with Gasteiger partial charge in [-0.05, 0) is 73.7 Å². The number of carbonyl (C=O) groups is 1. The fourth-order valence-electron chi connectivity index (χ4n) is 3.47. The van der Waals surface area contributed by atoms with Crippen LogP contribution in [0, 0.1) is 19.8 Å². The first-order valence-corrected chi connectivity index (χ1v) is 11.9. The van der Waals surface area contributed by atoms with Crippen LogP contribution in [0.25, 0.3) is 5.57 Å². The van der Waals surface area contributed by atoms with Gasteiger partial charge < -0.3 is 5.11 Å². The number of nitrogens with zero attached hydrogens (tertiary/aromatic N) is 1. The Morgan fingerprint density at radius 2 is 1.88 bits per heavy atom. The molecule has 2 aromatic heterocycles. The molecule has 0 aliphatic carbocycles. The largest absolute Gasteiger partial charge is 0.481 e. The summed E-state index contributed by atoms with van der Waals surface area (Å²) in [6.07, 6.45) is 5.06. The highest BCUT2D eigenvalue weighted by Crippen LogP contribution is 2.36. The van der Waals surface area contributed by atoms with Gasteiger partial charge in [-0.25, -0.2) is 0 Å². The minimum Gasteiger partial charge on any atom is -0.481 e. The zero-order chi connectivity index (χ0) is 18.7. The second-order valence-corrected chi connectivity index (χ2v) is 9.88. The van der Waals surface area contributed by atoms with Gasteiger partial charge in [0, 0.05) is 21.9 Å². The lowest BCUT2D eigenvalue weighted by Gasteiger charge is -2.35. The van der Waals surface area contributed by atoms with Crippen molar-refractivity contribution in [1.29, 1.82) is 0 Å². The van der Waals surface area contributed by atoms with Gasteiger partial charge in [-0.1, -0.05) is 28.7 Å². The third-order valence-electron chi connectivity index (χ3n) is 4.94. The third kappa shape index (κ3) is 4.40. The van der Waals surface area contributed by atoms with E-state index in [1.54, 1.807) is 22.7 Å². The van der Waals surface area contributed by atoms with Crippen LogP contribution in [0.15, 0.2) is 29.0 Å². The van der Waals surface area contributed by atoms with Gasteiger partial charge in [0.05, 0.1) is 9.97 Å². The van der Waals surface area contributed by atoms with Crippen molar-refractivity contribution in [2.45, 2.75) is 37.2 Å². The van der Waals surface area contributed by atoms with Crippen LogP contribution in [0.5, 0.6) is 0 Å². The molecule has 3 nitrogen and oxygen atoms in total. The number of aliphatic carboxylic acids is 1. The van der Waals surface area contributed by atoms with Crippen LogP contribution in [-0.4, -0.2) is 33.1 Å². The zero-order valence-corrected chi connectivity index (χ0v) is 18.9. The number of hydrogen-bond acceptors (Lipinski definition) is 4. The van der Waals surface area contributed by atoms with Gasteiger partial charge >= 0.3 is 5.97 Å². The average molecular weight is 501 g/mol.